The van der Waals surface area contributed by atoms with Crippen molar-refractivity contribution in [2.45, 2.75) is 18.8 Å². The van der Waals surface area contributed by atoms with Gasteiger partial charge in [0.25, 0.3) is 0 Å². The molecule has 124 valence electrons. The summed E-state index contributed by atoms with van der Waals surface area (Å²) in [7, 11) is 0. The monoisotopic (exact) mass is 328 g/mol. The van der Waals surface area contributed by atoms with Crippen molar-refractivity contribution in [2.24, 2.45) is 0 Å². The quantitative estimate of drug-likeness (QED) is 0.581. The predicted molar refractivity (Wildman–Crippen MR) is 99.7 cm³/mol. The van der Waals surface area contributed by atoms with Crippen molar-refractivity contribution in [3.63, 3.8) is 0 Å². The molecular weight excluding hydrogens is 308 g/mol. The van der Waals surface area contributed by atoms with Gasteiger partial charge in [0.15, 0.2) is 5.78 Å². The topological polar surface area (TPSA) is 34.1 Å². The van der Waals surface area contributed by atoms with E-state index < -0.39 is 5.92 Å². The van der Waals surface area contributed by atoms with Crippen LogP contribution in [0.25, 0.3) is 0 Å². The largest absolute Gasteiger partial charge is 0.299 e. The van der Waals surface area contributed by atoms with E-state index in [4.69, 9.17) is 0 Å². The van der Waals surface area contributed by atoms with Gasteiger partial charge in [0.1, 0.15) is 5.78 Å². The van der Waals surface area contributed by atoms with Gasteiger partial charge < -0.3 is 0 Å². The van der Waals surface area contributed by atoms with Crippen LogP contribution in [0.1, 0.15) is 33.8 Å². The normalized spacial score (nSPS) is 11.7. The average molecular weight is 328 g/mol. The van der Waals surface area contributed by atoms with Gasteiger partial charge in [-0.3, -0.25) is 9.59 Å². The second kappa shape index (κ2) is 8.20. The minimum atomic E-state index is -0.422. The Bertz CT molecular complexity index is 824. The second-order valence-electron chi connectivity index (χ2n) is 6.09. The maximum absolute atomic E-state index is 12.9. The van der Waals surface area contributed by atoms with Crippen molar-refractivity contribution in [3.8, 4) is 0 Å². The Morgan fingerprint density at radius 3 is 1.80 bits per heavy atom. The van der Waals surface area contributed by atoms with Crippen LogP contribution in [0.15, 0.2) is 91.0 Å². The lowest BCUT2D eigenvalue weighted by molar-refractivity contribution is -0.119. The lowest BCUT2D eigenvalue weighted by Crippen LogP contribution is -2.19. The molecule has 0 amide bonds. The summed E-state index contributed by atoms with van der Waals surface area (Å²) >= 11 is 0. The van der Waals surface area contributed by atoms with Gasteiger partial charge in [-0.05, 0) is 11.1 Å². The first-order chi connectivity index (χ1) is 12.2. The number of Topliss-reactive ketones (excluding diaryl/α,β-unsaturated/α-hetero) is 2. The molecule has 0 spiro atoms. The Morgan fingerprint density at radius 2 is 1.20 bits per heavy atom. The van der Waals surface area contributed by atoms with E-state index in [0.717, 1.165) is 11.1 Å². The van der Waals surface area contributed by atoms with Crippen molar-refractivity contribution in [1.82, 2.24) is 0 Å². The molecule has 0 radical (unpaired) electrons. The summed E-state index contributed by atoms with van der Waals surface area (Å²) in [6, 6.07) is 28.4. The number of carbonyl (C=O) groups is 2. The molecule has 2 nitrogen and oxygen atoms in total. The van der Waals surface area contributed by atoms with Gasteiger partial charge in [-0.25, -0.2) is 0 Å². The molecular formula is C23H20O2. The lowest BCUT2D eigenvalue weighted by atomic mass is 9.86. The highest BCUT2D eigenvalue weighted by Gasteiger charge is 2.24. The number of hydrogen-bond acceptors (Lipinski definition) is 2. The molecule has 3 aromatic carbocycles. The maximum atomic E-state index is 12.9. The zero-order valence-electron chi connectivity index (χ0n) is 14.0. The second-order valence-corrected chi connectivity index (χ2v) is 6.09. The molecule has 0 saturated carbocycles. The molecule has 1 atom stereocenters. The van der Waals surface area contributed by atoms with Crippen molar-refractivity contribution < 1.29 is 9.59 Å². The summed E-state index contributed by atoms with van der Waals surface area (Å²) in [4.78, 5) is 25.6. The van der Waals surface area contributed by atoms with Crippen LogP contribution in [0.2, 0.25) is 0 Å². The Balaban J connectivity index is 1.83. The highest BCUT2D eigenvalue weighted by molar-refractivity contribution is 6.00. The fourth-order valence-corrected chi connectivity index (χ4v) is 2.95. The molecule has 0 heterocycles. The predicted octanol–water partition coefficient (Wildman–Crippen LogP) is 4.86. The van der Waals surface area contributed by atoms with Gasteiger partial charge in [-0.1, -0.05) is 91.0 Å². The summed E-state index contributed by atoms with van der Waals surface area (Å²) in [6.07, 6.45) is 0.530. The van der Waals surface area contributed by atoms with E-state index in [2.05, 4.69) is 0 Å². The van der Waals surface area contributed by atoms with Crippen LogP contribution in [-0.2, 0) is 11.2 Å². The summed E-state index contributed by atoms with van der Waals surface area (Å²) in [6.45, 7) is 0. The zero-order chi connectivity index (χ0) is 17.5. The third-order valence-electron chi connectivity index (χ3n) is 4.30. The van der Waals surface area contributed by atoms with Crippen molar-refractivity contribution in [3.05, 3.63) is 108 Å². The first-order valence-electron chi connectivity index (χ1n) is 8.44. The molecule has 0 bridgehead atoms. The van der Waals surface area contributed by atoms with Crippen LogP contribution in [0.4, 0.5) is 0 Å². The molecule has 0 saturated heterocycles. The van der Waals surface area contributed by atoms with Gasteiger partial charge in [-0.15, -0.1) is 0 Å². The highest BCUT2D eigenvalue weighted by atomic mass is 16.1. The van der Waals surface area contributed by atoms with Crippen molar-refractivity contribution in [2.75, 3.05) is 0 Å². The first kappa shape index (κ1) is 16.8. The molecule has 3 aromatic rings. The molecule has 25 heavy (non-hydrogen) atoms. The molecule has 1 unspecified atom stereocenters. The minimum Gasteiger partial charge on any atom is -0.299 e. The Morgan fingerprint density at radius 1 is 0.680 bits per heavy atom. The van der Waals surface area contributed by atoms with E-state index in [9.17, 15) is 9.59 Å². The number of benzene rings is 3. The van der Waals surface area contributed by atoms with Crippen LogP contribution in [0.5, 0.6) is 0 Å². The van der Waals surface area contributed by atoms with Crippen LogP contribution < -0.4 is 0 Å². The van der Waals surface area contributed by atoms with Crippen LogP contribution in [-0.4, -0.2) is 11.6 Å². The van der Waals surface area contributed by atoms with E-state index in [0.29, 0.717) is 12.0 Å². The van der Waals surface area contributed by atoms with E-state index in [-0.39, 0.29) is 18.0 Å². The SMILES string of the molecule is O=C(CC(C(=O)Cc1ccccc1)c1ccccc1)c1ccccc1. The fraction of sp³-hybridized carbons (Fsp3) is 0.130. The van der Waals surface area contributed by atoms with E-state index in [1.54, 1.807) is 12.1 Å². The van der Waals surface area contributed by atoms with Gasteiger partial charge in [0, 0.05) is 18.4 Å². The average Bonchev–Trinajstić information content (AvgIpc) is 2.68. The molecule has 0 aliphatic heterocycles. The number of carbonyl (C=O) groups excluding carboxylic acids is 2. The minimum absolute atomic E-state index is 0.00383. The fourth-order valence-electron chi connectivity index (χ4n) is 2.95. The standard InChI is InChI=1S/C23H20O2/c24-22(20-14-8-3-9-15-20)17-21(19-12-6-2-7-13-19)23(25)16-18-10-4-1-5-11-18/h1-15,21H,16-17H2. The van der Waals surface area contributed by atoms with Crippen molar-refractivity contribution >= 4 is 11.6 Å². The van der Waals surface area contributed by atoms with Crippen molar-refractivity contribution in [1.29, 1.82) is 0 Å². The van der Waals surface area contributed by atoms with Crippen LogP contribution >= 0.6 is 0 Å². The summed E-state index contributed by atoms with van der Waals surface area (Å²) < 4.78 is 0. The third-order valence-corrected chi connectivity index (χ3v) is 4.30. The number of hydrogen-bond donors (Lipinski definition) is 0. The first-order valence-corrected chi connectivity index (χ1v) is 8.44. The highest BCUT2D eigenvalue weighted by Crippen LogP contribution is 2.24. The molecule has 2 heteroatoms. The number of ketones is 2. The number of rotatable bonds is 7. The van der Waals surface area contributed by atoms with E-state index >= 15 is 0 Å². The Hall–Kier alpha value is -3.00. The molecule has 0 aromatic heterocycles. The van der Waals surface area contributed by atoms with Crippen LogP contribution in [0, 0.1) is 0 Å². The Kier molecular flexibility index (Phi) is 5.53. The van der Waals surface area contributed by atoms with Gasteiger partial charge in [0.2, 0.25) is 0 Å². The molecule has 0 N–H and O–H groups in total. The third kappa shape index (κ3) is 4.51. The van der Waals surface area contributed by atoms with Gasteiger partial charge in [0.05, 0.1) is 5.92 Å². The maximum Gasteiger partial charge on any atom is 0.163 e. The van der Waals surface area contributed by atoms with Gasteiger partial charge >= 0.3 is 0 Å². The zero-order valence-corrected chi connectivity index (χ0v) is 14.0. The molecule has 0 aliphatic carbocycles. The molecule has 0 fully saturated rings. The van der Waals surface area contributed by atoms with Crippen LogP contribution in [0.3, 0.4) is 0 Å². The van der Waals surface area contributed by atoms with E-state index in [1.807, 2.05) is 78.9 Å². The summed E-state index contributed by atoms with van der Waals surface area (Å²) in [5, 5.41) is 0. The lowest BCUT2D eigenvalue weighted by Gasteiger charge is -2.16. The summed E-state index contributed by atoms with van der Waals surface area (Å²) in [5.74, 6) is -0.355. The Labute approximate surface area is 148 Å². The summed E-state index contributed by atoms with van der Waals surface area (Å²) in [5.41, 5.74) is 2.52. The molecule has 0 aliphatic rings. The molecule has 3 rings (SSSR count). The van der Waals surface area contributed by atoms with Gasteiger partial charge in [-0.2, -0.15) is 0 Å². The van der Waals surface area contributed by atoms with E-state index in [1.165, 1.54) is 0 Å². The smallest absolute Gasteiger partial charge is 0.163 e.